The van der Waals surface area contributed by atoms with E-state index in [1.165, 1.54) is 0 Å². The summed E-state index contributed by atoms with van der Waals surface area (Å²) in [5.41, 5.74) is 4.12. The monoisotopic (exact) mass is 467 g/mol. The second-order valence-corrected chi connectivity index (χ2v) is 8.04. The number of rotatable bonds is 8. The molecule has 2 aromatic rings. The maximum atomic E-state index is 13.0. The number of ether oxygens (including phenoxy) is 2. The number of nitrogens with zero attached hydrogens (tertiary/aromatic N) is 1. The quantitative estimate of drug-likeness (QED) is 0.346. The van der Waals surface area contributed by atoms with Crippen LogP contribution in [0.25, 0.3) is 0 Å². The van der Waals surface area contributed by atoms with Crippen LogP contribution in [0.4, 0.5) is 5.69 Å². The van der Waals surface area contributed by atoms with E-state index in [-0.39, 0.29) is 12.5 Å². The number of carbonyl (C=O) groups excluding carboxylic acids is 2. The lowest BCUT2D eigenvalue weighted by Crippen LogP contribution is -2.47. The summed E-state index contributed by atoms with van der Waals surface area (Å²) >= 11 is 5.55. The van der Waals surface area contributed by atoms with Crippen molar-refractivity contribution in [1.82, 2.24) is 10.2 Å². The number of carbonyl (C=O) groups is 2. The lowest BCUT2D eigenvalue weighted by molar-refractivity contribution is -0.140. The number of methoxy groups -OCH3 is 1. The molecule has 1 aliphatic heterocycles. The average molecular weight is 468 g/mol. The van der Waals surface area contributed by atoms with E-state index in [1.807, 2.05) is 68.1 Å². The number of aryl methyl sites for hydroxylation is 1. The number of benzene rings is 2. The highest BCUT2D eigenvalue weighted by atomic mass is 32.1. The molecular weight excluding hydrogens is 438 g/mol. The molecule has 0 radical (unpaired) electrons. The van der Waals surface area contributed by atoms with E-state index in [4.69, 9.17) is 21.7 Å². The minimum absolute atomic E-state index is 0.155. The van der Waals surface area contributed by atoms with Gasteiger partial charge in [0.05, 0.1) is 18.2 Å². The highest BCUT2D eigenvalue weighted by Crippen LogP contribution is 2.32. The van der Waals surface area contributed by atoms with Crippen molar-refractivity contribution in [2.24, 2.45) is 0 Å². The van der Waals surface area contributed by atoms with Crippen molar-refractivity contribution in [3.8, 4) is 0 Å². The van der Waals surface area contributed by atoms with Gasteiger partial charge in [-0.3, -0.25) is 4.79 Å². The number of allylic oxidation sites excluding steroid dienone is 1. The fourth-order valence-electron chi connectivity index (χ4n) is 3.79. The lowest BCUT2D eigenvalue weighted by Gasteiger charge is -2.37. The maximum absolute atomic E-state index is 13.0. The van der Waals surface area contributed by atoms with Gasteiger partial charge in [-0.25, -0.2) is 4.79 Å². The average Bonchev–Trinajstić information content (AvgIpc) is 2.79. The Hall–Kier alpha value is -3.23. The third-order valence-corrected chi connectivity index (χ3v) is 5.86. The summed E-state index contributed by atoms with van der Waals surface area (Å²) in [4.78, 5) is 27.6. The van der Waals surface area contributed by atoms with Crippen molar-refractivity contribution in [3.63, 3.8) is 0 Å². The fraction of sp³-hybridized carbons (Fsp3) is 0.320. The largest absolute Gasteiger partial charge is 0.460 e. The van der Waals surface area contributed by atoms with E-state index in [9.17, 15) is 9.59 Å². The number of amides is 1. The van der Waals surface area contributed by atoms with E-state index in [0.29, 0.717) is 35.1 Å². The van der Waals surface area contributed by atoms with Gasteiger partial charge in [0.15, 0.2) is 5.11 Å². The van der Waals surface area contributed by atoms with Crippen LogP contribution >= 0.6 is 12.2 Å². The van der Waals surface area contributed by atoms with Crippen LogP contribution in [0.1, 0.15) is 41.4 Å². The molecule has 3 rings (SSSR count). The molecule has 0 saturated heterocycles. The summed E-state index contributed by atoms with van der Waals surface area (Å²) in [6.07, 6.45) is 0. The third kappa shape index (κ3) is 5.58. The Kier molecular flexibility index (Phi) is 8.19. The summed E-state index contributed by atoms with van der Waals surface area (Å²) in [5.74, 6) is -0.627. The van der Waals surface area contributed by atoms with Crippen molar-refractivity contribution in [1.29, 1.82) is 0 Å². The van der Waals surface area contributed by atoms with Gasteiger partial charge in [-0.15, -0.1) is 0 Å². The molecule has 1 aliphatic rings. The highest BCUT2D eigenvalue weighted by molar-refractivity contribution is 7.80. The predicted octanol–water partition coefficient (Wildman–Crippen LogP) is 3.96. The predicted molar refractivity (Wildman–Crippen MR) is 132 cm³/mol. The Labute approximate surface area is 199 Å². The summed E-state index contributed by atoms with van der Waals surface area (Å²) in [6, 6.07) is 14.3. The molecule has 33 heavy (non-hydrogen) atoms. The van der Waals surface area contributed by atoms with Gasteiger partial charge in [0.25, 0.3) is 5.91 Å². The summed E-state index contributed by atoms with van der Waals surface area (Å²) < 4.78 is 10.4. The number of anilines is 1. The van der Waals surface area contributed by atoms with Crippen LogP contribution in [0.15, 0.2) is 59.8 Å². The zero-order valence-electron chi connectivity index (χ0n) is 19.3. The number of hydrogen-bond acceptors (Lipinski definition) is 5. The molecule has 0 unspecified atom stereocenters. The maximum Gasteiger partial charge on any atom is 0.338 e. The van der Waals surface area contributed by atoms with Crippen LogP contribution in [0.3, 0.4) is 0 Å². The van der Waals surface area contributed by atoms with E-state index in [2.05, 4.69) is 10.6 Å². The van der Waals surface area contributed by atoms with Gasteiger partial charge >= 0.3 is 5.97 Å². The Morgan fingerprint density at radius 2 is 1.88 bits per heavy atom. The highest BCUT2D eigenvalue weighted by Gasteiger charge is 2.34. The van der Waals surface area contributed by atoms with E-state index >= 15 is 0 Å². The van der Waals surface area contributed by atoms with E-state index in [1.54, 1.807) is 13.2 Å². The Bertz CT molecular complexity index is 1080. The molecule has 0 saturated carbocycles. The minimum Gasteiger partial charge on any atom is -0.460 e. The SMILES string of the molecule is CCN1C(=S)N[C@@H](c2cccc(NC(=O)c3ccccc3C)c2)C(C(=O)OCCOC)=C1C. The van der Waals surface area contributed by atoms with Crippen LogP contribution in [-0.2, 0) is 14.3 Å². The van der Waals surface area contributed by atoms with Gasteiger partial charge in [0.2, 0.25) is 0 Å². The van der Waals surface area contributed by atoms with Crippen LogP contribution in [0.5, 0.6) is 0 Å². The lowest BCUT2D eigenvalue weighted by atomic mass is 9.94. The standard InChI is InChI=1S/C25H29N3O4S/c1-5-28-17(3)21(24(30)32-14-13-31-4)22(27-25(28)33)18-10-8-11-19(15-18)26-23(29)20-12-7-6-9-16(20)2/h6-12,15,22H,5,13-14H2,1-4H3,(H,26,29)(H,27,33)/t22-/m0/s1. The van der Waals surface area contributed by atoms with Crippen molar-refractivity contribution >= 4 is 34.9 Å². The van der Waals surface area contributed by atoms with Crippen molar-refractivity contribution < 1.29 is 19.1 Å². The second kappa shape index (κ2) is 11.1. The molecule has 8 heteroatoms. The zero-order chi connectivity index (χ0) is 24.0. The second-order valence-electron chi connectivity index (χ2n) is 7.65. The molecule has 2 aromatic carbocycles. The molecule has 0 aliphatic carbocycles. The Morgan fingerprint density at radius 3 is 2.58 bits per heavy atom. The van der Waals surface area contributed by atoms with E-state index < -0.39 is 12.0 Å². The van der Waals surface area contributed by atoms with Crippen molar-refractivity contribution in [2.45, 2.75) is 26.8 Å². The van der Waals surface area contributed by atoms with Gasteiger partial charge in [-0.05, 0) is 62.3 Å². The first-order chi connectivity index (χ1) is 15.9. The van der Waals surface area contributed by atoms with Gasteiger partial charge in [0, 0.05) is 30.6 Å². The first-order valence-corrected chi connectivity index (χ1v) is 11.2. The summed E-state index contributed by atoms with van der Waals surface area (Å²) in [7, 11) is 1.55. The molecule has 0 fully saturated rings. The normalized spacial score (nSPS) is 15.8. The van der Waals surface area contributed by atoms with Gasteiger partial charge in [-0.1, -0.05) is 30.3 Å². The van der Waals surface area contributed by atoms with Crippen LogP contribution in [-0.4, -0.2) is 48.8 Å². The first-order valence-electron chi connectivity index (χ1n) is 10.8. The minimum atomic E-state index is -0.509. The summed E-state index contributed by atoms with van der Waals surface area (Å²) in [6.45, 7) is 6.81. The Balaban J connectivity index is 1.92. The molecule has 7 nitrogen and oxygen atoms in total. The molecule has 174 valence electrons. The molecule has 0 spiro atoms. The van der Waals surface area contributed by atoms with Crippen LogP contribution < -0.4 is 10.6 Å². The van der Waals surface area contributed by atoms with Gasteiger partial charge in [-0.2, -0.15) is 0 Å². The zero-order valence-corrected chi connectivity index (χ0v) is 20.1. The molecule has 1 atom stereocenters. The van der Waals surface area contributed by atoms with Gasteiger partial charge in [0.1, 0.15) is 6.61 Å². The molecule has 0 bridgehead atoms. The Morgan fingerprint density at radius 1 is 1.12 bits per heavy atom. The number of esters is 1. The van der Waals surface area contributed by atoms with Crippen LogP contribution in [0, 0.1) is 6.92 Å². The number of hydrogen-bond donors (Lipinski definition) is 2. The smallest absolute Gasteiger partial charge is 0.338 e. The molecular formula is C25H29N3O4S. The van der Waals surface area contributed by atoms with E-state index in [0.717, 1.165) is 16.8 Å². The number of thiocarbonyl (C=S) groups is 1. The topological polar surface area (TPSA) is 79.9 Å². The van der Waals surface area contributed by atoms with Crippen molar-refractivity contribution in [2.75, 3.05) is 32.2 Å². The first kappa shape index (κ1) is 24.4. The molecule has 1 heterocycles. The van der Waals surface area contributed by atoms with Crippen molar-refractivity contribution in [3.05, 3.63) is 76.5 Å². The molecule has 1 amide bonds. The van der Waals surface area contributed by atoms with Gasteiger partial charge < -0.3 is 25.0 Å². The number of nitrogens with one attached hydrogen (secondary N) is 2. The fourth-order valence-corrected chi connectivity index (χ4v) is 4.18. The summed E-state index contributed by atoms with van der Waals surface area (Å²) in [5, 5.41) is 6.74. The molecule has 2 N–H and O–H groups in total. The third-order valence-electron chi connectivity index (χ3n) is 5.52. The van der Waals surface area contributed by atoms with Crippen LogP contribution in [0.2, 0.25) is 0 Å². The molecule has 0 aromatic heterocycles.